The summed E-state index contributed by atoms with van der Waals surface area (Å²) in [4.78, 5) is 14.0. The average molecular weight is 277 g/mol. The summed E-state index contributed by atoms with van der Waals surface area (Å²) in [5.74, 6) is 2.87. The van der Waals surface area contributed by atoms with Crippen molar-refractivity contribution in [1.82, 2.24) is 14.9 Å². The molecule has 0 spiro atoms. The number of aryl methyl sites for hydroxylation is 1. The van der Waals surface area contributed by atoms with E-state index in [2.05, 4.69) is 59.8 Å². The fraction of sp³-hybridized carbons (Fsp3) is 0.733. The molecule has 5 heteroatoms. The van der Waals surface area contributed by atoms with E-state index in [-0.39, 0.29) is 5.54 Å². The van der Waals surface area contributed by atoms with Gasteiger partial charge in [0.05, 0.1) is 0 Å². The summed E-state index contributed by atoms with van der Waals surface area (Å²) < 4.78 is 0. The molecule has 0 aromatic carbocycles. The van der Waals surface area contributed by atoms with Gasteiger partial charge in [0.15, 0.2) is 0 Å². The zero-order chi connectivity index (χ0) is 14.9. The molecule has 2 heterocycles. The number of nitrogens with zero attached hydrogens (tertiary/aromatic N) is 4. The number of piperazine rings is 1. The highest BCUT2D eigenvalue weighted by atomic mass is 15.3. The van der Waals surface area contributed by atoms with E-state index in [1.807, 2.05) is 6.92 Å². The van der Waals surface area contributed by atoms with Crippen LogP contribution in [0.3, 0.4) is 0 Å². The van der Waals surface area contributed by atoms with E-state index < -0.39 is 0 Å². The Balaban J connectivity index is 2.33. The molecule has 2 rings (SSSR count). The highest BCUT2D eigenvalue weighted by molar-refractivity contribution is 5.59. The van der Waals surface area contributed by atoms with Crippen molar-refractivity contribution in [1.29, 1.82) is 0 Å². The quantitative estimate of drug-likeness (QED) is 0.916. The highest BCUT2D eigenvalue weighted by Gasteiger charge is 2.32. The number of likely N-dealkylation sites (N-methyl/N-ethyl adjacent to an activating group) is 1. The average Bonchev–Trinajstić information content (AvgIpc) is 2.37. The fourth-order valence-corrected chi connectivity index (χ4v) is 2.68. The highest BCUT2D eigenvalue weighted by Crippen LogP contribution is 2.28. The predicted octanol–water partition coefficient (Wildman–Crippen LogP) is 2.06. The molecule has 1 aromatic heterocycles. The van der Waals surface area contributed by atoms with Crippen LogP contribution in [0.5, 0.6) is 0 Å². The molecular formula is C15H27N5. The maximum Gasteiger partial charge on any atom is 0.137 e. The molecule has 112 valence electrons. The lowest BCUT2D eigenvalue weighted by Crippen LogP contribution is -2.58. The second-order valence-electron chi connectivity index (χ2n) is 6.25. The molecular weight excluding hydrogens is 250 g/mol. The molecule has 1 aliphatic heterocycles. The van der Waals surface area contributed by atoms with Gasteiger partial charge in [0.2, 0.25) is 0 Å². The van der Waals surface area contributed by atoms with Crippen molar-refractivity contribution >= 4 is 11.6 Å². The van der Waals surface area contributed by atoms with Gasteiger partial charge in [0, 0.05) is 37.3 Å². The number of hydrogen-bond acceptors (Lipinski definition) is 5. The van der Waals surface area contributed by atoms with E-state index >= 15 is 0 Å². The SMILES string of the molecule is CCNc1nc(C)nc(N2CCN(C)C(C)(C)C2)c1C. The standard InChI is InChI=1S/C15H27N5/c1-7-16-13-11(2)14(18-12(3)17-13)20-9-8-19(6)15(4,5)10-20/h7-10H2,1-6H3,(H,16,17,18). The molecule has 0 atom stereocenters. The van der Waals surface area contributed by atoms with E-state index in [1.54, 1.807) is 0 Å². The number of aromatic nitrogens is 2. The second-order valence-corrected chi connectivity index (χ2v) is 6.25. The van der Waals surface area contributed by atoms with Crippen LogP contribution in [0.25, 0.3) is 0 Å². The zero-order valence-electron chi connectivity index (χ0n) is 13.6. The Morgan fingerprint density at radius 1 is 1.20 bits per heavy atom. The topological polar surface area (TPSA) is 44.3 Å². The summed E-state index contributed by atoms with van der Waals surface area (Å²) in [5.41, 5.74) is 1.32. The van der Waals surface area contributed by atoms with E-state index in [9.17, 15) is 0 Å². The molecule has 20 heavy (non-hydrogen) atoms. The summed E-state index contributed by atoms with van der Waals surface area (Å²) in [6.45, 7) is 14.7. The Morgan fingerprint density at radius 3 is 2.50 bits per heavy atom. The van der Waals surface area contributed by atoms with E-state index in [0.29, 0.717) is 0 Å². The van der Waals surface area contributed by atoms with Gasteiger partial charge in [0.1, 0.15) is 17.5 Å². The van der Waals surface area contributed by atoms with E-state index in [4.69, 9.17) is 0 Å². The minimum Gasteiger partial charge on any atom is -0.370 e. The van der Waals surface area contributed by atoms with Crippen LogP contribution in [0, 0.1) is 13.8 Å². The van der Waals surface area contributed by atoms with Gasteiger partial charge in [-0.15, -0.1) is 0 Å². The first-order valence-corrected chi connectivity index (χ1v) is 7.40. The van der Waals surface area contributed by atoms with Crippen molar-refractivity contribution in [2.75, 3.05) is 43.4 Å². The van der Waals surface area contributed by atoms with Crippen LogP contribution in [0.1, 0.15) is 32.2 Å². The van der Waals surface area contributed by atoms with Gasteiger partial charge in [-0.2, -0.15) is 0 Å². The monoisotopic (exact) mass is 277 g/mol. The largest absolute Gasteiger partial charge is 0.370 e. The predicted molar refractivity (Wildman–Crippen MR) is 84.6 cm³/mol. The molecule has 1 N–H and O–H groups in total. The first-order chi connectivity index (χ1) is 9.35. The van der Waals surface area contributed by atoms with Crippen molar-refractivity contribution in [3.05, 3.63) is 11.4 Å². The van der Waals surface area contributed by atoms with Crippen LogP contribution in [0.2, 0.25) is 0 Å². The van der Waals surface area contributed by atoms with E-state index in [0.717, 1.165) is 49.2 Å². The molecule has 0 aliphatic carbocycles. The van der Waals surface area contributed by atoms with Gasteiger partial charge in [-0.05, 0) is 41.7 Å². The van der Waals surface area contributed by atoms with Crippen LogP contribution in [-0.2, 0) is 0 Å². The first-order valence-electron chi connectivity index (χ1n) is 7.40. The van der Waals surface area contributed by atoms with Gasteiger partial charge in [-0.3, -0.25) is 4.90 Å². The molecule has 0 bridgehead atoms. The van der Waals surface area contributed by atoms with Gasteiger partial charge in [-0.1, -0.05) is 0 Å². The Hall–Kier alpha value is -1.36. The minimum absolute atomic E-state index is 0.169. The van der Waals surface area contributed by atoms with Gasteiger partial charge < -0.3 is 10.2 Å². The molecule has 0 unspecified atom stereocenters. The summed E-state index contributed by atoms with van der Waals surface area (Å²) in [5, 5.41) is 3.34. The van der Waals surface area contributed by atoms with Gasteiger partial charge in [-0.25, -0.2) is 9.97 Å². The Bertz CT molecular complexity index is 483. The molecule has 1 aliphatic rings. The maximum absolute atomic E-state index is 4.69. The third kappa shape index (κ3) is 2.87. The fourth-order valence-electron chi connectivity index (χ4n) is 2.68. The maximum atomic E-state index is 4.69. The van der Waals surface area contributed by atoms with Crippen molar-refractivity contribution in [3.8, 4) is 0 Å². The lowest BCUT2D eigenvalue weighted by atomic mass is 9.99. The Morgan fingerprint density at radius 2 is 1.90 bits per heavy atom. The third-order valence-corrected chi connectivity index (χ3v) is 4.19. The lowest BCUT2D eigenvalue weighted by molar-refractivity contribution is 0.138. The molecule has 5 nitrogen and oxygen atoms in total. The second kappa shape index (κ2) is 5.56. The third-order valence-electron chi connectivity index (χ3n) is 4.19. The summed E-state index contributed by atoms with van der Waals surface area (Å²) >= 11 is 0. The van der Waals surface area contributed by atoms with Crippen molar-refractivity contribution in [2.24, 2.45) is 0 Å². The smallest absolute Gasteiger partial charge is 0.137 e. The van der Waals surface area contributed by atoms with Crippen molar-refractivity contribution in [2.45, 2.75) is 40.2 Å². The van der Waals surface area contributed by atoms with Crippen molar-refractivity contribution < 1.29 is 0 Å². The normalized spacial score (nSPS) is 19.2. The Labute approximate surface area is 122 Å². The lowest BCUT2D eigenvalue weighted by Gasteiger charge is -2.46. The molecule has 1 aromatic rings. The van der Waals surface area contributed by atoms with Crippen LogP contribution in [0.4, 0.5) is 11.6 Å². The van der Waals surface area contributed by atoms with E-state index in [1.165, 1.54) is 0 Å². The molecule has 0 amide bonds. The number of anilines is 2. The van der Waals surface area contributed by atoms with Gasteiger partial charge in [0.25, 0.3) is 0 Å². The molecule has 0 saturated carbocycles. The minimum atomic E-state index is 0.169. The number of nitrogens with one attached hydrogen (secondary N) is 1. The zero-order valence-corrected chi connectivity index (χ0v) is 13.6. The van der Waals surface area contributed by atoms with Crippen LogP contribution in [0.15, 0.2) is 0 Å². The molecule has 0 radical (unpaired) electrons. The van der Waals surface area contributed by atoms with Gasteiger partial charge >= 0.3 is 0 Å². The van der Waals surface area contributed by atoms with Crippen molar-refractivity contribution in [3.63, 3.8) is 0 Å². The molecule has 1 saturated heterocycles. The summed E-state index contributed by atoms with van der Waals surface area (Å²) in [6.07, 6.45) is 0. The number of rotatable bonds is 3. The molecule has 1 fully saturated rings. The van der Waals surface area contributed by atoms with Crippen LogP contribution in [-0.4, -0.2) is 53.6 Å². The Kier molecular flexibility index (Phi) is 4.18. The summed E-state index contributed by atoms with van der Waals surface area (Å²) in [7, 11) is 2.19. The first kappa shape index (κ1) is 15.0. The van der Waals surface area contributed by atoms with Crippen LogP contribution >= 0.6 is 0 Å². The number of hydrogen-bond donors (Lipinski definition) is 1. The summed E-state index contributed by atoms with van der Waals surface area (Å²) in [6, 6.07) is 0. The van der Waals surface area contributed by atoms with Crippen LogP contribution < -0.4 is 10.2 Å².